The van der Waals surface area contributed by atoms with Gasteiger partial charge in [-0.1, -0.05) is 23.1 Å². The van der Waals surface area contributed by atoms with Gasteiger partial charge in [0.05, 0.1) is 24.2 Å². The van der Waals surface area contributed by atoms with Crippen LogP contribution in [0.1, 0.15) is 5.01 Å². The van der Waals surface area contributed by atoms with Crippen molar-refractivity contribution in [3.05, 3.63) is 23.2 Å². The molecule has 8 heteroatoms. The Balaban J connectivity index is 1.91. The van der Waals surface area contributed by atoms with Gasteiger partial charge in [-0.25, -0.2) is 0 Å². The summed E-state index contributed by atoms with van der Waals surface area (Å²) in [4.78, 5) is 11.8. The van der Waals surface area contributed by atoms with Crippen molar-refractivity contribution in [1.29, 1.82) is 0 Å². The van der Waals surface area contributed by atoms with Crippen LogP contribution in [0.2, 0.25) is 0 Å². The van der Waals surface area contributed by atoms with Crippen molar-refractivity contribution in [1.82, 2.24) is 10.2 Å². The summed E-state index contributed by atoms with van der Waals surface area (Å²) in [5.41, 5.74) is 6.88. The van der Waals surface area contributed by atoms with Crippen molar-refractivity contribution in [2.45, 2.75) is 11.3 Å². The van der Waals surface area contributed by atoms with Gasteiger partial charge in [-0.05, 0) is 19.1 Å². The molecule has 2 rings (SSSR count). The second-order valence-corrected chi connectivity index (χ2v) is 6.28. The van der Waals surface area contributed by atoms with Crippen LogP contribution in [-0.2, 0) is 4.79 Å². The fourth-order valence-corrected chi connectivity index (χ4v) is 3.05. The summed E-state index contributed by atoms with van der Waals surface area (Å²) in [5, 5.41) is 11.5. The number of benzene rings is 1. The Morgan fingerprint density at radius 3 is 2.90 bits per heavy atom. The number of aromatic nitrogens is 2. The number of nitrogens with one attached hydrogen (secondary N) is 1. The number of nitrogens with zero attached hydrogens (tertiary/aromatic N) is 2. The number of rotatable bonds is 5. The quantitative estimate of drug-likeness (QED) is 0.650. The van der Waals surface area contributed by atoms with E-state index in [1.54, 1.807) is 25.3 Å². The molecule has 106 valence electrons. The van der Waals surface area contributed by atoms with Crippen LogP contribution in [0.4, 0.5) is 11.4 Å². The first-order chi connectivity index (χ1) is 9.58. The third kappa shape index (κ3) is 3.84. The molecule has 0 aliphatic rings. The number of carbonyl (C=O) groups is 1. The van der Waals surface area contributed by atoms with Gasteiger partial charge in [0.2, 0.25) is 5.91 Å². The average molecular weight is 310 g/mol. The molecule has 3 N–H and O–H groups in total. The minimum absolute atomic E-state index is 0.139. The molecule has 2 aromatic rings. The number of hydrogen-bond acceptors (Lipinski definition) is 7. The maximum absolute atomic E-state index is 11.8. The van der Waals surface area contributed by atoms with E-state index in [0.717, 1.165) is 9.35 Å². The normalized spacial score (nSPS) is 10.3. The zero-order chi connectivity index (χ0) is 14.5. The van der Waals surface area contributed by atoms with E-state index < -0.39 is 0 Å². The van der Waals surface area contributed by atoms with Gasteiger partial charge < -0.3 is 15.8 Å². The van der Waals surface area contributed by atoms with Crippen LogP contribution in [0.5, 0.6) is 5.75 Å². The van der Waals surface area contributed by atoms with Gasteiger partial charge >= 0.3 is 0 Å². The molecular weight excluding hydrogens is 296 g/mol. The predicted octanol–water partition coefficient (Wildman–Crippen LogP) is 2.17. The molecule has 0 aliphatic heterocycles. The van der Waals surface area contributed by atoms with E-state index >= 15 is 0 Å². The lowest BCUT2D eigenvalue weighted by molar-refractivity contribution is -0.113. The van der Waals surface area contributed by atoms with E-state index in [1.165, 1.54) is 23.1 Å². The molecule has 1 aromatic carbocycles. The number of hydrogen-bond donors (Lipinski definition) is 2. The monoisotopic (exact) mass is 310 g/mol. The molecule has 0 atom stereocenters. The van der Waals surface area contributed by atoms with E-state index in [2.05, 4.69) is 15.5 Å². The van der Waals surface area contributed by atoms with E-state index in [1.807, 2.05) is 6.92 Å². The molecule has 0 unspecified atom stereocenters. The Bertz CT molecular complexity index is 615. The standard InChI is InChI=1S/C12H14N4O2S2/c1-7-15-16-12(20-7)19-6-11(17)14-10-4-3-8(18-2)5-9(10)13/h3-5H,6,13H2,1-2H3,(H,14,17). The summed E-state index contributed by atoms with van der Waals surface area (Å²) in [5.74, 6) is 0.777. The van der Waals surface area contributed by atoms with Gasteiger partial charge in [-0.15, -0.1) is 10.2 Å². The van der Waals surface area contributed by atoms with Crippen LogP contribution in [0.15, 0.2) is 22.5 Å². The Labute approximate surface area is 124 Å². The third-order valence-electron chi connectivity index (χ3n) is 2.37. The number of aryl methyl sites for hydroxylation is 1. The molecular formula is C12H14N4O2S2. The van der Waals surface area contributed by atoms with Crippen LogP contribution in [0, 0.1) is 6.92 Å². The summed E-state index contributed by atoms with van der Waals surface area (Å²) < 4.78 is 5.83. The van der Waals surface area contributed by atoms with Gasteiger partial charge in [0.25, 0.3) is 0 Å². The highest BCUT2D eigenvalue weighted by atomic mass is 32.2. The first kappa shape index (κ1) is 14.6. The molecule has 0 aliphatic carbocycles. The Morgan fingerprint density at radius 2 is 2.30 bits per heavy atom. The lowest BCUT2D eigenvalue weighted by Crippen LogP contribution is -2.15. The first-order valence-electron chi connectivity index (χ1n) is 5.75. The van der Waals surface area contributed by atoms with Gasteiger partial charge in [0, 0.05) is 6.07 Å². The van der Waals surface area contributed by atoms with Gasteiger partial charge in [0.15, 0.2) is 4.34 Å². The number of amides is 1. The fourth-order valence-electron chi connectivity index (χ4n) is 1.43. The second kappa shape index (κ2) is 6.58. The fraction of sp³-hybridized carbons (Fsp3) is 0.250. The maximum Gasteiger partial charge on any atom is 0.234 e. The predicted molar refractivity (Wildman–Crippen MR) is 81.4 cm³/mol. The van der Waals surface area contributed by atoms with Crippen LogP contribution >= 0.6 is 23.1 Å². The Morgan fingerprint density at radius 1 is 1.50 bits per heavy atom. The molecule has 0 saturated heterocycles. The molecule has 1 aromatic heterocycles. The molecule has 0 radical (unpaired) electrons. The lowest BCUT2D eigenvalue weighted by atomic mass is 10.2. The number of carbonyl (C=O) groups excluding carboxylic acids is 1. The first-order valence-corrected chi connectivity index (χ1v) is 7.55. The van der Waals surface area contributed by atoms with Crippen molar-refractivity contribution in [3.63, 3.8) is 0 Å². The largest absolute Gasteiger partial charge is 0.497 e. The van der Waals surface area contributed by atoms with Crippen molar-refractivity contribution < 1.29 is 9.53 Å². The highest BCUT2D eigenvalue weighted by Gasteiger charge is 2.09. The second-order valence-electron chi connectivity index (χ2n) is 3.88. The van der Waals surface area contributed by atoms with Crippen LogP contribution in [0.25, 0.3) is 0 Å². The van der Waals surface area contributed by atoms with E-state index in [4.69, 9.17) is 10.5 Å². The van der Waals surface area contributed by atoms with Crippen LogP contribution in [-0.4, -0.2) is 29.0 Å². The molecule has 20 heavy (non-hydrogen) atoms. The zero-order valence-corrected chi connectivity index (χ0v) is 12.7. The highest BCUT2D eigenvalue weighted by molar-refractivity contribution is 8.01. The van der Waals surface area contributed by atoms with E-state index in [-0.39, 0.29) is 11.7 Å². The smallest absolute Gasteiger partial charge is 0.234 e. The number of ether oxygens (including phenoxy) is 1. The zero-order valence-electron chi connectivity index (χ0n) is 11.0. The van der Waals surface area contributed by atoms with Crippen LogP contribution < -0.4 is 15.8 Å². The van der Waals surface area contributed by atoms with Crippen molar-refractivity contribution in [3.8, 4) is 5.75 Å². The molecule has 0 saturated carbocycles. The average Bonchev–Trinajstić information content (AvgIpc) is 2.84. The molecule has 0 spiro atoms. The number of methoxy groups -OCH3 is 1. The minimum Gasteiger partial charge on any atom is -0.497 e. The van der Waals surface area contributed by atoms with E-state index in [9.17, 15) is 4.79 Å². The summed E-state index contributed by atoms with van der Waals surface area (Å²) in [7, 11) is 1.56. The molecule has 0 fully saturated rings. The lowest BCUT2D eigenvalue weighted by Gasteiger charge is -2.09. The van der Waals surface area contributed by atoms with Gasteiger partial charge in [0.1, 0.15) is 10.8 Å². The van der Waals surface area contributed by atoms with Crippen molar-refractivity contribution in [2.24, 2.45) is 0 Å². The number of nitrogens with two attached hydrogens (primary N) is 1. The number of thioether (sulfide) groups is 1. The highest BCUT2D eigenvalue weighted by Crippen LogP contribution is 2.25. The SMILES string of the molecule is COc1ccc(NC(=O)CSc2nnc(C)s2)c(N)c1. The van der Waals surface area contributed by atoms with Crippen LogP contribution in [0.3, 0.4) is 0 Å². The summed E-state index contributed by atoms with van der Waals surface area (Å²) in [6.45, 7) is 1.87. The number of nitrogen functional groups attached to an aromatic ring is 1. The summed E-state index contributed by atoms with van der Waals surface area (Å²) in [6.07, 6.45) is 0. The summed E-state index contributed by atoms with van der Waals surface area (Å²) in [6, 6.07) is 5.12. The summed E-state index contributed by atoms with van der Waals surface area (Å²) >= 11 is 2.81. The van der Waals surface area contributed by atoms with Crippen molar-refractivity contribution >= 4 is 40.4 Å². The third-order valence-corrected chi connectivity index (χ3v) is 4.34. The van der Waals surface area contributed by atoms with Gasteiger partial charge in [-0.2, -0.15) is 0 Å². The van der Waals surface area contributed by atoms with E-state index in [0.29, 0.717) is 17.1 Å². The minimum atomic E-state index is -0.139. The maximum atomic E-state index is 11.8. The Hall–Kier alpha value is -1.80. The van der Waals surface area contributed by atoms with Gasteiger partial charge in [-0.3, -0.25) is 4.79 Å². The topological polar surface area (TPSA) is 90.1 Å². The Kier molecular flexibility index (Phi) is 4.80. The number of anilines is 2. The molecule has 1 heterocycles. The molecule has 1 amide bonds. The molecule has 0 bridgehead atoms. The van der Waals surface area contributed by atoms with Crippen molar-refractivity contribution in [2.75, 3.05) is 23.9 Å². The molecule has 6 nitrogen and oxygen atoms in total.